The fourth-order valence-electron chi connectivity index (χ4n) is 2.22. The summed E-state index contributed by atoms with van der Waals surface area (Å²) in [5, 5.41) is 2.85. The minimum Gasteiger partial charge on any atom is -0.367 e. The minimum absolute atomic E-state index is 0.00172. The van der Waals surface area contributed by atoms with Gasteiger partial charge in [-0.3, -0.25) is 9.00 Å². The van der Waals surface area contributed by atoms with Gasteiger partial charge < -0.3 is 10.1 Å². The lowest BCUT2D eigenvalue weighted by Gasteiger charge is -2.12. The van der Waals surface area contributed by atoms with Gasteiger partial charge in [-0.25, -0.2) is 0 Å². The fraction of sp³-hybridized carbons (Fsp3) is 0.278. The van der Waals surface area contributed by atoms with Crippen molar-refractivity contribution in [2.45, 2.75) is 19.3 Å². The van der Waals surface area contributed by atoms with Crippen LogP contribution in [0, 0.1) is 6.92 Å². The SMILES string of the molecule is Cc1c(CS(C)=O)cccc1NC(=O)COCc1ccccc1. The average molecular weight is 331 g/mol. The van der Waals surface area contributed by atoms with Crippen LogP contribution in [0.4, 0.5) is 5.69 Å². The highest BCUT2D eigenvalue weighted by atomic mass is 32.2. The second-order valence-corrected chi connectivity index (χ2v) is 6.77. The summed E-state index contributed by atoms with van der Waals surface area (Å²) in [6, 6.07) is 15.3. The number of carbonyl (C=O) groups is 1. The molecule has 0 radical (unpaired) electrons. The van der Waals surface area contributed by atoms with E-state index in [1.165, 1.54) is 0 Å². The van der Waals surface area contributed by atoms with Gasteiger partial charge in [-0.1, -0.05) is 42.5 Å². The Labute approximate surface area is 139 Å². The number of ether oxygens (including phenoxy) is 1. The fourth-order valence-corrected chi connectivity index (χ4v) is 2.97. The molecular weight excluding hydrogens is 310 g/mol. The summed E-state index contributed by atoms with van der Waals surface area (Å²) in [6.45, 7) is 2.32. The van der Waals surface area contributed by atoms with E-state index in [2.05, 4.69) is 5.32 Å². The first-order valence-electron chi connectivity index (χ1n) is 7.36. The minimum atomic E-state index is -0.911. The van der Waals surface area contributed by atoms with Gasteiger partial charge >= 0.3 is 0 Å². The van der Waals surface area contributed by atoms with Crippen molar-refractivity contribution in [1.82, 2.24) is 0 Å². The highest BCUT2D eigenvalue weighted by Crippen LogP contribution is 2.20. The molecule has 0 fully saturated rings. The molecule has 1 N–H and O–H groups in total. The van der Waals surface area contributed by atoms with Crippen molar-refractivity contribution in [3.8, 4) is 0 Å². The quantitative estimate of drug-likeness (QED) is 0.848. The van der Waals surface area contributed by atoms with Gasteiger partial charge in [0.2, 0.25) is 5.91 Å². The number of anilines is 1. The standard InChI is InChI=1S/C18H21NO3S/c1-14-16(13-23(2)21)9-6-10-17(14)19-18(20)12-22-11-15-7-4-3-5-8-15/h3-10H,11-13H2,1-2H3,(H,19,20). The smallest absolute Gasteiger partial charge is 0.250 e. The second-order valence-electron chi connectivity index (χ2n) is 5.33. The maximum Gasteiger partial charge on any atom is 0.250 e. The van der Waals surface area contributed by atoms with E-state index < -0.39 is 10.8 Å². The number of amides is 1. The Kier molecular flexibility index (Phi) is 6.50. The van der Waals surface area contributed by atoms with Crippen LogP contribution in [0.15, 0.2) is 48.5 Å². The average Bonchev–Trinajstić information content (AvgIpc) is 2.52. The van der Waals surface area contributed by atoms with E-state index in [0.717, 1.165) is 22.4 Å². The van der Waals surface area contributed by atoms with Crippen LogP contribution in [-0.4, -0.2) is 23.0 Å². The highest BCUT2D eigenvalue weighted by molar-refractivity contribution is 7.83. The summed E-state index contributed by atoms with van der Waals surface area (Å²) in [7, 11) is -0.911. The number of hydrogen-bond acceptors (Lipinski definition) is 3. The van der Waals surface area contributed by atoms with Crippen LogP contribution in [0.5, 0.6) is 0 Å². The van der Waals surface area contributed by atoms with Gasteiger partial charge in [0.15, 0.2) is 0 Å². The third-order valence-corrected chi connectivity index (χ3v) is 4.14. The first-order valence-corrected chi connectivity index (χ1v) is 9.09. The second kappa shape index (κ2) is 8.60. The molecule has 0 aliphatic heterocycles. The summed E-state index contributed by atoms with van der Waals surface area (Å²) in [5.74, 6) is 0.291. The van der Waals surface area contributed by atoms with Gasteiger partial charge in [-0.05, 0) is 29.7 Å². The Morgan fingerprint density at radius 1 is 1.13 bits per heavy atom. The van der Waals surface area contributed by atoms with E-state index in [0.29, 0.717) is 12.4 Å². The van der Waals surface area contributed by atoms with Crippen molar-refractivity contribution in [3.63, 3.8) is 0 Å². The molecule has 5 heteroatoms. The van der Waals surface area contributed by atoms with Gasteiger partial charge in [0, 0.05) is 28.5 Å². The Morgan fingerprint density at radius 2 is 1.87 bits per heavy atom. The zero-order valence-electron chi connectivity index (χ0n) is 13.4. The Morgan fingerprint density at radius 3 is 2.57 bits per heavy atom. The highest BCUT2D eigenvalue weighted by Gasteiger charge is 2.09. The molecule has 0 aromatic heterocycles. The largest absolute Gasteiger partial charge is 0.367 e. The van der Waals surface area contributed by atoms with Crippen LogP contribution in [0.3, 0.4) is 0 Å². The van der Waals surface area contributed by atoms with Gasteiger partial charge in [-0.2, -0.15) is 0 Å². The van der Waals surface area contributed by atoms with E-state index in [4.69, 9.17) is 4.74 Å². The lowest BCUT2D eigenvalue weighted by atomic mass is 10.1. The molecule has 23 heavy (non-hydrogen) atoms. The summed E-state index contributed by atoms with van der Waals surface area (Å²) in [6.07, 6.45) is 1.67. The zero-order valence-corrected chi connectivity index (χ0v) is 14.2. The summed E-state index contributed by atoms with van der Waals surface area (Å²) < 4.78 is 16.8. The molecule has 2 aromatic rings. The maximum atomic E-state index is 12.0. The summed E-state index contributed by atoms with van der Waals surface area (Å²) in [5.41, 5.74) is 3.69. The van der Waals surface area contributed by atoms with Crippen LogP contribution < -0.4 is 5.32 Å². The van der Waals surface area contributed by atoms with E-state index in [9.17, 15) is 9.00 Å². The third kappa shape index (κ3) is 5.62. The molecule has 0 heterocycles. The lowest BCUT2D eigenvalue weighted by Crippen LogP contribution is -2.19. The normalized spacial score (nSPS) is 11.9. The maximum absolute atomic E-state index is 12.0. The first-order chi connectivity index (χ1) is 11.1. The van der Waals surface area contributed by atoms with Crippen molar-refractivity contribution in [2.24, 2.45) is 0 Å². The predicted octanol–water partition coefficient (Wildman–Crippen LogP) is 3.03. The molecule has 1 unspecified atom stereocenters. The topological polar surface area (TPSA) is 55.4 Å². The summed E-state index contributed by atoms with van der Waals surface area (Å²) >= 11 is 0. The van der Waals surface area contributed by atoms with Crippen LogP contribution in [0.2, 0.25) is 0 Å². The number of hydrogen-bond donors (Lipinski definition) is 1. The Bertz CT molecular complexity index is 686. The monoisotopic (exact) mass is 331 g/mol. The lowest BCUT2D eigenvalue weighted by molar-refractivity contribution is -0.121. The Hall–Kier alpha value is -1.98. The van der Waals surface area contributed by atoms with E-state index in [-0.39, 0.29) is 12.5 Å². The molecule has 4 nitrogen and oxygen atoms in total. The third-order valence-electron chi connectivity index (χ3n) is 3.42. The van der Waals surface area contributed by atoms with Crippen LogP contribution >= 0.6 is 0 Å². The van der Waals surface area contributed by atoms with Crippen molar-refractivity contribution < 1.29 is 13.7 Å². The molecule has 0 spiro atoms. The van der Waals surface area contributed by atoms with E-state index in [1.54, 1.807) is 6.26 Å². The van der Waals surface area contributed by atoms with Crippen LogP contribution in [0.1, 0.15) is 16.7 Å². The van der Waals surface area contributed by atoms with Crippen molar-refractivity contribution in [2.75, 3.05) is 18.2 Å². The molecule has 0 bridgehead atoms. The number of nitrogens with one attached hydrogen (secondary N) is 1. The molecule has 0 aliphatic carbocycles. The van der Waals surface area contributed by atoms with Gasteiger partial charge in [0.1, 0.15) is 6.61 Å². The van der Waals surface area contributed by atoms with Crippen LogP contribution in [-0.2, 0) is 32.7 Å². The molecular formula is C18H21NO3S. The van der Waals surface area contributed by atoms with Crippen molar-refractivity contribution >= 4 is 22.4 Å². The zero-order chi connectivity index (χ0) is 16.7. The van der Waals surface area contributed by atoms with Gasteiger partial charge in [0.25, 0.3) is 0 Å². The molecule has 0 aliphatic rings. The number of benzene rings is 2. The van der Waals surface area contributed by atoms with Crippen molar-refractivity contribution in [3.05, 3.63) is 65.2 Å². The molecule has 1 amide bonds. The van der Waals surface area contributed by atoms with E-state index in [1.807, 2.05) is 55.5 Å². The number of carbonyl (C=O) groups excluding carboxylic acids is 1. The van der Waals surface area contributed by atoms with Gasteiger partial charge in [0.05, 0.1) is 6.61 Å². The predicted molar refractivity (Wildman–Crippen MR) is 93.7 cm³/mol. The Balaban J connectivity index is 1.89. The molecule has 0 saturated heterocycles. The summed E-state index contributed by atoms with van der Waals surface area (Å²) in [4.78, 5) is 12.0. The van der Waals surface area contributed by atoms with E-state index >= 15 is 0 Å². The molecule has 122 valence electrons. The first kappa shape index (κ1) is 17.4. The number of rotatable bonds is 7. The van der Waals surface area contributed by atoms with Crippen molar-refractivity contribution in [1.29, 1.82) is 0 Å². The molecule has 1 atom stereocenters. The van der Waals surface area contributed by atoms with Gasteiger partial charge in [-0.15, -0.1) is 0 Å². The molecule has 0 saturated carbocycles. The van der Waals surface area contributed by atoms with Crippen LogP contribution in [0.25, 0.3) is 0 Å². The molecule has 2 rings (SSSR count). The molecule has 2 aromatic carbocycles.